The van der Waals surface area contributed by atoms with Gasteiger partial charge in [-0.05, 0) is 47.0 Å². The summed E-state index contributed by atoms with van der Waals surface area (Å²) in [5.74, 6) is -0.0999. The van der Waals surface area contributed by atoms with E-state index in [4.69, 9.17) is 16.3 Å². The summed E-state index contributed by atoms with van der Waals surface area (Å²) in [5.41, 5.74) is 3.57. The number of H-pyrrole nitrogens is 1. The molecule has 0 saturated carbocycles. The number of pyridine rings is 1. The van der Waals surface area contributed by atoms with Crippen molar-refractivity contribution in [2.24, 2.45) is 0 Å². The minimum atomic E-state index is -0.548. The molecule has 5 nitrogen and oxygen atoms in total. The number of aromatic amines is 1. The van der Waals surface area contributed by atoms with Crippen LogP contribution < -0.4 is 15.6 Å². The molecule has 1 amide bonds. The molecular formula is C25H19ClN2O3. The number of methoxy groups -OCH3 is 1. The van der Waals surface area contributed by atoms with Crippen molar-refractivity contribution in [2.45, 2.75) is 0 Å². The highest BCUT2D eigenvalue weighted by atomic mass is 35.5. The Morgan fingerprint density at radius 3 is 2.23 bits per heavy atom. The first-order valence-corrected chi connectivity index (χ1v) is 9.97. The van der Waals surface area contributed by atoms with Gasteiger partial charge < -0.3 is 15.0 Å². The fourth-order valence-corrected chi connectivity index (χ4v) is 3.43. The van der Waals surface area contributed by atoms with E-state index in [1.165, 1.54) is 13.2 Å². The number of hydrogen-bond acceptors (Lipinski definition) is 3. The van der Waals surface area contributed by atoms with Gasteiger partial charge in [0.15, 0.2) is 0 Å². The average molecular weight is 431 g/mol. The fourth-order valence-electron chi connectivity index (χ4n) is 3.26. The van der Waals surface area contributed by atoms with E-state index in [1.54, 1.807) is 24.3 Å². The lowest BCUT2D eigenvalue weighted by atomic mass is 10.0. The summed E-state index contributed by atoms with van der Waals surface area (Å²) in [6.07, 6.45) is 0. The minimum absolute atomic E-state index is 0.00770. The zero-order valence-corrected chi connectivity index (χ0v) is 17.4. The SMILES string of the molecule is COc1ccc(Cl)cc1NC(=O)c1ccc(-c2ccc(-c3ccccc3)cc2)[nH]c1=O. The Morgan fingerprint density at radius 1 is 0.871 bits per heavy atom. The van der Waals surface area contributed by atoms with Crippen LogP contribution in [0.2, 0.25) is 5.02 Å². The van der Waals surface area contributed by atoms with Gasteiger partial charge >= 0.3 is 0 Å². The number of benzene rings is 3. The number of carbonyl (C=O) groups is 1. The quantitative estimate of drug-likeness (QED) is 0.431. The van der Waals surface area contributed by atoms with Crippen molar-refractivity contribution in [1.29, 1.82) is 0 Å². The van der Waals surface area contributed by atoms with Crippen LogP contribution in [0.1, 0.15) is 10.4 Å². The Morgan fingerprint density at radius 2 is 1.55 bits per heavy atom. The monoisotopic (exact) mass is 430 g/mol. The van der Waals surface area contributed by atoms with Crippen LogP contribution in [0.15, 0.2) is 89.7 Å². The van der Waals surface area contributed by atoms with Crippen LogP contribution in [-0.2, 0) is 0 Å². The molecule has 0 aliphatic carbocycles. The molecule has 0 radical (unpaired) electrons. The summed E-state index contributed by atoms with van der Waals surface area (Å²) in [6.45, 7) is 0. The second-order valence-corrected chi connectivity index (χ2v) is 7.29. The normalized spacial score (nSPS) is 10.5. The van der Waals surface area contributed by atoms with E-state index in [-0.39, 0.29) is 5.56 Å². The Hall–Kier alpha value is -3.83. The maximum Gasteiger partial charge on any atom is 0.261 e. The highest BCUT2D eigenvalue weighted by molar-refractivity contribution is 6.31. The van der Waals surface area contributed by atoms with Gasteiger partial charge in [0.05, 0.1) is 12.8 Å². The lowest BCUT2D eigenvalue weighted by Gasteiger charge is -2.11. The second-order valence-electron chi connectivity index (χ2n) is 6.86. The maximum absolute atomic E-state index is 12.6. The molecule has 0 unspecified atom stereocenters. The topological polar surface area (TPSA) is 71.2 Å². The molecule has 0 saturated heterocycles. The van der Waals surface area contributed by atoms with Crippen molar-refractivity contribution < 1.29 is 9.53 Å². The maximum atomic E-state index is 12.6. The third-order valence-corrected chi connectivity index (χ3v) is 5.10. The number of carbonyl (C=O) groups excluding carboxylic acids is 1. The van der Waals surface area contributed by atoms with E-state index in [2.05, 4.69) is 10.3 Å². The van der Waals surface area contributed by atoms with Gasteiger partial charge in [-0.3, -0.25) is 9.59 Å². The number of nitrogens with one attached hydrogen (secondary N) is 2. The van der Waals surface area contributed by atoms with Crippen LogP contribution in [0.3, 0.4) is 0 Å². The predicted octanol–water partition coefficient (Wildman–Crippen LogP) is 5.62. The summed E-state index contributed by atoms with van der Waals surface area (Å²) in [6, 6.07) is 26.0. The van der Waals surface area contributed by atoms with Crippen LogP contribution in [0.25, 0.3) is 22.4 Å². The molecule has 154 valence electrons. The van der Waals surface area contributed by atoms with E-state index in [9.17, 15) is 9.59 Å². The fraction of sp³-hybridized carbons (Fsp3) is 0.0400. The molecule has 0 aliphatic heterocycles. The Bertz CT molecular complexity index is 1280. The molecule has 0 bridgehead atoms. The van der Waals surface area contributed by atoms with Gasteiger partial charge in [-0.15, -0.1) is 0 Å². The molecule has 4 aromatic rings. The predicted molar refractivity (Wildman–Crippen MR) is 124 cm³/mol. The number of amides is 1. The Kier molecular flexibility index (Phi) is 5.87. The van der Waals surface area contributed by atoms with E-state index in [1.807, 2.05) is 54.6 Å². The number of anilines is 1. The van der Waals surface area contributed by atoms with Gasteiger partial charge in [0.1, 0.15) is 11.3 Å². The molecule has 1 aromatic heterocycles. The molecule has 4 rings (SSSR count). The molecule has 0 fully saturated rings. The zero-order chi connectivity index (χ0) is 21.8. The molecule has 0 spiro atoms. The zero-order valence-electron chi connectivity index (χ0n) is 16.7. The molecular weight excluding hydrogens is 412 g/mol. The van der Waals surface area contributed by atoms with E-state index >= 15 is 0 Å². The van der Waals surface area contributed by atoms with Crippen molar-refractivity contribution in [3.05, 3.63) is 106 Å². The summed E-state index contributed by atoms with van der Waals surface area (Å²) in [4.78, 5) is 28.0. The Balaban J connectivity index is 1.56. The summed E-state index contributed by atoms with van der Waals surface area (Å²) in [7, 11) is 1.49. The van der Waals surface area contributed by atoms with Crippen LogP contribution in [-0.4, -0.2) is 18.0 Å². The summed E-state index contributed by atoms with van der Waals surface area (Å²) < 4.78 is 5.23. The van der Waals surface area contributed by atoms with Crippen molar-refractivity contribution in [3.8, 4) is 28.1 Å². The summed E-state index contributed by atoms with van der Waals surface area (Å²) in [5, 5.41) is 3.12. The standard InChI is InChI=1S/C25H19ClN2O3/c1-31-23-14-11-19(26)15-22(23)28-25(30)20-12-13-21(27-24(20)29)18-9-7-17(8-10-18)16-5-3-2-4-6-16/h2-15H,1H3,(H,27,29)(H,28,30). The van der Waals surface area contributed by atoms with Crippen molar-refractivity contribution in [3.63, 3.8) is 0 Å². The molecule has 6 heteroatoms. The second kappa shape index (κ2) is 8.90. The molecule has 0 atom stereocenters. The lowest BCUT2D eigenvalue weighted by molar-refractivity contribution is 0.102. The minimum Gasteiger partial charge on any atom is -0.495 e. The highest BCUT2D eigenvalue weighted by Gasteiger charge is 2.14. The van der Waals surface area contributed by atoms with Gasteiger partial charge in [-0.25, -0.2) is 0 Å². The molecule has 0 aliphatic rings. The number of halogens is 1. The average Bonchev–Trinajstić information content (AvgIpc) is 2.80. The Labute approximate surface area is 184 Å². The van der Waals surface area contributed by atoms with Gasteiger partial charge in [0, 0.05) is 10.7 Å². The van der Waals surface area contributed by atoms with Gasteiger partial charge in [-0.1, -0.05) is 66.2 Å². The number of ether oxygens (including phenoxy) is 1. The third-order valence-electron chi connectivity index (χ3n) is 4.87. The molecule has 2 N–H and O–H groups in total. The van der Waals surface area contributed by atoms with Crippen LogP contribution in [0.4, 0.5) is 5.69 Å². The van der Waals surface area contributed by atoms with Crippen LogP contribution in [0, 0.1) is 0 Å². The van der Waals surface area contributed by atoms with Gasteiger partial charge in [0.25, 0.3) is 11.5 Å². The van der Waals surface area contributed by atoms with Crippen molar-refractivity contribution in [2.75, 3.05) is 12.4 Å². The van der Waals surface area contributed by atoms with Crippen LogP contribution in [0.5, 0.6) is 5.75 Å². The number of aromatic nitrogens is 1. The molecule has 31 heavy (non-hydrogen) atoms. The smallest absolute Gasteiger partial charge is 0.261 e. The largest absolute Gasteiger partial charge is 0.495 e. The van der Waals surface area contributed by atoms with Crippen molar-refractivity contribution >= 4 is 23.2 Å². The van der Waals surface area contributed by atoms with E-state index < -0.39 is 11.5 Å². The third kappa shape index (κ3) is 4.52. The first kappa shape index (κ1) is 20.4. The first-order valence-electron chi connectivity index (χ1n) is 9.59. The van der Waals surface area contributed by atoms with Crippen molar-refractivity contribution in [1.82, 2.24) is 4.98 Å². The number of hydrogen-bond donors (Lipinski definition) is 2. The van der Waals surface area contributed by atoms with Crippen LogP contribution >= 0.6 is 11.6 Å². The van der Waals surface area contributed by atoms with Gasteiger partial charge in [0.2, 0.25) is 0 Å². The van der Waals surface area contributed by atoms with Gasteiger partial charge in [-0.2, -0.15) is 0 Å². The van der Waals surface area contributed by atoms with E-state index in [0.29, 0.717) is 22.2 Å². The highest BCUT2D eigenvalue weighted by Crippen LogP contribution is 2.28. The molecule has 3 aromatic carbocycles. The first-order chi connectivity index (χ1) is 15.0. The number of rotatable bonds is 5. The lowest BCUT2D eigenvalue weighted by Crippen LogP contribution is -2.23. The van der Waals surface area contributed by atoms with E-state index in [0.717, 1.165) is 16.7 Å². The molecule has 1 heterocycles. The summed E-state index contributed by atoms with van der Waals surface area (Å²) >= 11 is 6.00.